The first kappa shape index (κ1) is 20.9. The van der Waals surface area contributed by atoms with Crippen LogP contribution in [0.25, 0.3) is 16.9 Å². The van der Waals surface area contributed by atoms with E-state index in [-0.39, 0.29) is 17.2 Å². The van der Waals surface area contributed by atoms with E-state index in [0.29, 0.717) is 11.4 Å². The number of nitrogens with zero attached hydrogens (tertiary/aromatic N) is 2. The van der Waals surface area contributed by atoms with Gasteiger partial charge in [-0.15, -0.1) is 11.3 Å². The van der Waals surface area contributed by atoms with E-state index in [2.05, 4.69) is 10.3 Å². The number of rotatable bonds is 8. The summed E-state index contributed by atoms with van der Waals surface area (Å²) < 4.78 is 17.2. The molecule has 158 valence electrons. The van der Waals surface area contributed by atoms with E-state index in [1.807, 2.05) is 29.6 Å². The third-order valence-electron chi connectivity index (χ3n) is 4.44. The predicted molar refractivity (Wildman–Crippen MR) is 117 cm³/mol. The van der Waals surface area contributed by atoms with Crippen LogP contribution in [0.2, 0.25) is 0 Å². The maximum Gasteiger partial charge on any atom is 0.438 e. The summed E-state index contributed by atoms with van der Waals surface area (Å²) in [5.41, 5.74) is 1.55. The van der Waals surface area contributed by atoms with Crippen molar-refractivity contribution in [1.29, 1.82) is 0 Å². The lowest BCUT2D eigenvalue weighted by Gasteiger charge is -2.00. The van der Waals surface area contributed by atoms with Gasteiger partial charge < -0.3 is 9.47 Å². The van der Waals surface area contributed by atoms with Gasteiger partial charge in [0.1, 0.15) is 11.5 Å². The Morgan fingerprint density at radius 1 is 1.10 bits per heavy atom. The first-order chi connectivity index (χ1) is 15.1. The van der Waals surface area contributed by atoms with Gasteiger partial charge in [-0.25, -0.2) is 9.78 Å². The molecule has 2 aromatic heterocycles. The van der Waals surface area contributed by atoms with Crippen molar-refractivity contribution in [2.24, 2.45) is 0 Å². The van der Waals surface area contributed by atoms with E-state index < -0.39 is 5.63 Å². The highest BCUT2D eigenvalue weighted by Gasteiger charge is 2.30. The number of thiazole rings is 1. The fraction of sp³-hybridized carbons (Fsp3) is 0.143. The summed E-state index contributed by atoms with van der Waals surface area (Å²) in [5, 5.41) is 4.40. The van der Waals surface area contributed by atoms with Gasteiger partial charge in [-0.05, 0) is 46.4 Å². The third kappa shape index (κ3) is 4.54. The van der Waals surface area contributed by atoms with Crippen LogP contribution in [-0.2, 0) is 0 Å². The zero-order valence-electron chi connectivity index (χ0n) is 16.7. The molecule has 0 amide bonds. The summed E-state index contributed by atoms with van der Waals surface area (Å²) >= 11 is 2.71. The van der Waals surface area contributed by atoms with Crippen LogP contribution in [0.3, 0.4) is 0 Å². The number of H-pyrrole nitrogens is 1. The third-order valence-corrected chi connectivity index (χ3v) is 6.46. The minimum Gasteiger partial charge on any atom is -0.497 e. The molecular formula is C21H18N3O5S2+. The van der Waals surface area contributed by atoms with Crippen LogP contribution in [0, 0.1) is 0 Å². The average Bonchev–Trinajstić information content (AvgIpc) is 3.44. The van der Waals surface area contributed by atoms with Crippen LogP contribution >= 0.6 is 23.1 Å². The maximum absolute atomic E-state index is 12.8. The number of aromatic nitrogens is 3. The molecule has 4 aromatic rings. The molecule has 0 aliphatic rings. The number of aromatic amines is 1. The van der Waals surface area contributed by atoms with Crippen molar-refractivity contribution in [2.45, 2.75) is 4.34 Å². The molecule has 0 aliphatic heterocycles. The van der Waals surface area contributed by atoms with Crippen molar-refractivity contribution in [2.75, 3.05) is 20.0 Å². The van der Waals surface area contributed by atoms with Gasteiger partial charge in [0, 0.05) is 23.1 Å². The van der Waals surface area contributed by atoms with Gasteiger partial charge in [0.05, 0.1) is 25.7 Å². The standard InChI is InChI=1S/C21H17N3O5S2/c1-27-15-7-3-13(4-8-15)17-11-30-21(22-17)31-12-18(25)19-20(26)29-23-24(19)14-5-9-16(28-2)10-6-14/h3-11H,12H2,1-2H3/p+1. The molecule has 4 rings (SSSR count). The second-order valence-electron chi connectivity index (χ2n) is 6.30. The van der Waals surface area contributed by atoms with Crippen LogP contribution in [0.1, 0.15) is 10.5 Å². The number of Topliss-reactive ketones (excluding diaryl/α,β-unsaturated/α-hetero) is 1. The molecule has 10 heteroatoms. The fourth-order valence-corrected chi connectivity index (χ4v) is 4.54. The first-order valence-corrected chi connectivity index (χ1v) is 11.0. The van der Waals surface area contributed by atoms with E-state index >= 15 is 0 Å². The average molecular weight is 457 g/mol. The van der Waals surface area contributed by atoms with Crippen LogP contribution in [-0.4, -0.2) is 36.0 Å². The number of thioether (sulfide) groups is 1. The van der Waals surface area contributed by atoms with Crippen molar-refractivity contribution < 1.29 is 23.5 Å². The Balaban J connectivity index is 1.47. The molecule has 0 aliphatic carbocycles. The van der Waals surface area contributed by atoms with Gasteiger partial charge in [-0.3, -0.25) is 9.32 Å². The fourth-order valence-electron chi connectivity index (χ4n) is 2.84. The number of hydrogen-bond acceptors (Lipinski definition) is 8. The Kier molecular flexibility index (Phi) is 6.19. The van der Waals surface area contributed by atoms with Gasteiger partial charge in [0.25, 0.3) is 0 Å². The van der Waals surface area contributed by atoms with E-state index in [9.17, 15) is 9.59 Å². The summed E-state index contributed by atoms with van der Waals surface area (Å²) in [6.45, 7) is 0. The Hall–Kier alpha value is -3.37. The van der Waals surface area contributed by atoms with Crippen LogP contribution < -0.4 is 19.8 Å². The number of benzene rings is 2. The second-order valence-corrected chi connectivity index (χ2v) is 8.38. The molecule has 0 unspecified atom stereocenters. The SMILES string of the molecule is COc1ccc(-c2csc(SCC(=O)c3c(=O)o[nH][n+]3-c3ccc(OC)cc3)n2)cc1. The summed E-state index contributed by atoms with van der Waals surface area (Å²) in [4.78, 5) is 29.5. The molecule has 2 heterocycles. The number of ether oxygens (including phenoxy) is 2. The molecule has 0 radical (unpaired) electrons. The number of carbonyl (C=O) groups is 1. The minimum atomic E-state index is -0.723. The van der Waals surface area contributed by atoms with E-state index in [1.165, 1.54) is 27.8 Å². The molecule has 1 N–H and O–H groups in total. The van der Waals surface area contributed by atoms with E-state index in [4.69, 9.17) is 14.0 Å². The molecule has 2 aromatic carbocycles. The van der Waals surface area contributed by atoms with Crippen molar-refractivity contribution in [3.63, 3.8) is 0 Å². The quantitative estimate of drug-likeness (QED) is 0.247. The lowest BCUT2D eigenvalue weighted by molar-refractivity contribution is -0.672. The summed E-state index contributed by atoms with van der Waals surface area (Å²) in [6.07, 6.45) is 0. The molecular weight excluding hydrogens is 438 g/mol. The molecule has 0 saturated carbocycles. The molecule has 8 nitrogen and oxygen atoms in total. The lowest BCUT2D eigenvalue weighted by Crippen LogP contribution is -2.41. The van der Waals surface area contributed by atoms with Gasteiger partial charge in [0.2, 0.25) is 11.5 Å². The molecule has 0 bridgehead atoms. The normalized spacial score (nSPS) is 10.8. The zero-order valence-corrected chi connectivity index (χ0v) is 18.3. The molecule has 0 atom stereocenters. The molecule has 0 saturated heterocycles. The smallest absolute Gasteiger partial charge is 0.438 e. The molecule has 31 heavy (non-hydrogen) atoms. The Morgan fingerprint density at radius 3 is 2.39 bits per heavy atom. The summed E-state index contributed by atoms with van der Waals surface area (Å²) in [7, 11) is 3.18. The monoisotopic (exact) mass is 456 g/mol. The van der Waals surface area contributed by atoms with Gasteiger partial charge in [-0.1, -0.05) is 11.8 Å². The Morgan fingerprint density at radius 2 is 1.74 bits per heavy atom. The lowest BCUT2D eigenvalue weighted by atomic mass is 10.2. The summed E-state index contributed by atoms with van der Waals surface area (Å²) in [5.74, 6) is 1.12. The van der Waals surface area contributed by atoms with Crippen molar-refractivity contribution in [1.82, 2.24) is 10.3 Å². The Labute approximate surface area is 185 Å². The van der Waals surface area contributed by atoms with Crippen molar-refractivity contribution >= 4 is 28.9 Å². The number of ketones is 1. The Bertz CT molecular complexity index is 1240. The highest BCUT2D eigenvalue weighted by atomic mass is 32.2. The topological polar surface area (TPSA) is 98.3 Å². The summed E-state index contributed by atoms with van der Waals surface area (Å²) in [6, 6.07) is 14.5. The highest BCUT2D eigenvalue weighted by Crippen LogP contribution is 2.29. The van der Waals surface area contributed by atoms with Crippen molar-refractivity contribution in [3.8, 4) is 28.4 Å². The van der Waals surface area contributed by atoms with E-state index in [0.717, 1.165) is 21.3 Å². The van der Waals surface area contributed by atoms with Crippen molar-refractivity contribution in [3.05, 3.63) is 70.0 Å². The molecule has 0 fully saturated rings. The van der Waals surface area contributed by atoms with Gasteiger partial charge in [0.15, 0.2) is 4.34 Å². The number of methoxy groups -OCH3 is 2. The second kappa shape index (κ2) is 9.19. The highest BCUT2D eigenvalue weighted by molar-refractivity contribution is 8.01. The maximum atomic E-state index is 12.8. The zero-order chi connectivity index (χ0) is 21.8. The number of hydrogen-bond donors (Lipinski definition) is 1. The number of nitrogens with one attached hydrogen (secondary N) is 1. The van der Waals surface area contributed by atoms with E-state index in [1.54, 1.807) is 38.5 Å². The predicted octanol–water partition coefficient (Wildman–Crippen LogP) is 3.36. The number of carbonyl (C=O) groups excluding carboxylic acids is 1. The molecule has 0 spiro atoms. The minimum absolute atomic E-state index is 0.0499. The van der Waals surface area contributed by atoms with Crippen LogP contribution in [0.15, 0.2) is 67.6 Å². The van der Waals surface area contributed by atoms with Crippen LogP contribution in [0.5, 0.6) is 11.5 Å². The largest absolute Gasteiger partial charge is 0.497 e. The van der Waals surface area contributed by atoms with Crippen LogP contribution in [0.4, 0.5) is 0 Å². The van der Waals surface area contributed by atoms with Gasteiger partial charge in [-0.2, -0.15) is 0 Å². The van der Waals surface area contributed by atoms with Gasteiger partial charge >= 0.3 is 11.3 Å². The first-order valence-electron chi connectivity index (χ1n) is 9.13.